The highest BCUT2D eigenvalue weighted by atomic mass is 35.5. The van der Waals surface area contributed by atoms with E-state index < -0.39 is 11.4 Å². The Kier molecular flexibility index (Phi) is 6.81. The molecule has 3 aromatic rings. The third-order valence-electron chi connectivity index (χ3n) is 7.64. The Morgan fingerprint density at radius 3 is 2.63 bits per heavy atom. The fraction of sp³-hybridized carbons (Fsp3) is 0.500. The molecule has 35 heavy (non-hydrogen) atoms. The van der Waals surface area contributed by atoms with Crippen molar-refractivity contribution in [2.75, 3.05) is 5.32 Å². The molecule has 9 heteroatoms. The van der Waals surface area contributed by atoms with Gasteiger partial charge in [-0.25, -0.2) is 4.39 Å². The molecule has 3 N–H and O–H groups in total. The highest BCUT2D eigenvalue weighted by Gasteiger charge is 2.40. The van der Waals surface area contributed by atoms with Crippen LogP contribution < -0.4 is 16.2 Å². The molecule has 2 aliphatic carbocycles. The number of anilines is 2. The number of benzene rings is 1. The van der Waals surface area contributed by atoms with Gasteiger partial charge in [0.1, 0.15) is 11.2 Å². The average molecular weight is 497 g/mol. The summed E-state index contributed by atoms with van der Waals surface area (Å²) in [6.45, 7) is 0. The third-order valence-corrected chi connectivity index (χ3v) is 7.94. The monoisotopic (exact) mass is 496 g/mol. The van der Waals surface area contributed by atoms with Gasteiger partial charge >= 0.3 is 0 Å². The second-order valence-corrected chi connectivity index (χ2v) is 10.3. The summed E-state index contributed by atoms with van der Waals surface area (Å²) in [5, 5.41) is 21.9. The predicted molar refractivity (Wildman–Crippen MR) is 136 cm³/mol. The first-order chi connectivity index (χ1) is 17.0. The number of aromatic nitrogens is 3. The second kappa shape index (κ2) is 10.00. The van der Waals surface area contributed by atoms with Crippen LogP contribution in [0.5, 0.6) is 0 Å². The lowest BCUT2D eigenvalue weighted by Crippen LogP contribution is -2.46. The van der Waals surface area contributed by atoms with Gasteiger partial charge in [0.05, 0.1) is 28.6 Å². The summed E-state index contributed by atoms with van der Waals surface area (Å²) >= 11 is 5.82. The van der Waals surface area contributed by atoms with Crippen LogP contribution in [0.25, 0.3) is 10.9 Å². The molecule has 0 saturated heterocycles. The molecule has 2 fully saturated rings. The van der Waals surface area contributed by atoms with Crippen LogP contribution in [-0.2, 0) is 5.54 Å². The van der Waals surface area contributed by atoms with Gasteiger partial charge in [-0.2, -0.15) is 10.4 Å². The first-order valence-electron chi connectivity index (χ1n) is 12.4. The van der Waals surface area contributed by atoms with Gasteiger partial charge in [0, 0.05) is 24.0 Å². The smallest absolute Gasteiger partial charge is 0.261 e. The summed E-state index contributed by atoms with van der Waals surface area (Å²) < 4.78 is 15.9. The highest BCUT2D eigenvalue weighted by Crippen LogP contribution is 2.41. The van der Waals surface area contributed by atoms with Crippen LogP contribution in [0.2, 0.25) is 5.02 Å². The highest BCUT2D eigenvalue weighted by molar-refractivity contribution is 6.30. The maximum Gasteiger partial charge on any atom is 0.261 e. The zero-order chi connectivity index (χ0) is 24.4. The minimum absolute atomic E-state index is 0.0235. The Bertz CT molecular complexity index is 1300. The summed E-state index contributed by atoms with van der Waals surface area (Å²) in [4.78, 5) is 15.5. The number of hydrogen-bond acceptors (Lipinski definition) is 5. The lowest BCUT2D eigenvalue weighted by molar-refractivity contribution is 0.151. The molecule has 1 aromatic carbocycles. The molecule has 184 valence electrons. The van der Waals surface area contributed by atoms with Crippen LogP contribution in [-0.4, -0.2) is 26.8 Å². The van der Waals surface area contributed by atoms with E-state index in [4.69, 9.17) is 16.7 Å². The SMILES string of the molecule is N#CC[C@]1(n2nc(Nc3ccc(Cl)c(F)c3)c3c(=O)[nH]ccc32)CC[C@@H](NC2CCCCC2)CC1. The zero-order valence-corrected chi connectivity index (χ0v) is 20.4. The van der Waals surface area contributed by atoms with Gasteiger partial charge in [-0.3, -0.25) is 9.48 Å². The van der Waals surface area contributed by atoms with Crippen LogP contribution in [0.1, 0.15) is 64.2 Å². The van der Waals surface area contributed by atoms with Crippen molar-refractivity contribution in [2.45, 2.75) is 81.8 Å². The molecule has 2 aliphatic rings. The van der Waals surface area contributed by atoms with Crippen LogP contribution >= 0.6 is 11.6 Å². The number of nitrogens with zero attached hydrogens (tertiary/aromatic N) is 3. The maximum atomic E-state index is 14.0. The lowest BCUT2D eigenvalue weighted by atomic mass is 9.77. The number of rotatable bonds is 6. The van der Waals surface area contributed by atoms with E-state index in [1.807, 2.05) is 10.7 Å². The molecule has 0 unspecified atom stereocenters. The number of nitriles is 1. The van der Waals surface area contributed by atoms with E-state index in [9.17, 15) is 14.4 Å². The summed E-state index contributed by atoms with van der Waals surface area (Å²) in [6.07, 6.45) is 11.8. The van der Waals surface area contributed by atoms with Gasteiger partial charge in [-0.15, -0.1) is 0 Å². The number of hydrogen-bond donors (Lipinski definition) is 3. The molecule has 5 rings (SSSR count). The van der Waals surface area contributed by atoms with Crippen molar-refractivity contribution >= 4 is 34.0 Å². The normalized spacial score (nSPS) is 23.3. The standard InChI is InChI=1S/C26H30ClFN6O/c27-20-7-6-19(16-21(20)28)32-24-23-22(10-15-30-25(23)35)34(33-24)26(13-14-29)11-8-18(9-12-26)31-17-4-2-1-3-5-17/h6-7,10,15-18,31H,1-5,8-9,11-13H2,(H,30,35)(H,32,33)/t18-,26+. The van der Waals surface area contributed by atoms with Crippen molar-refractivity contribution in [1.82, 2.24) is 20.1 Å². The molecule has 0 aliphatic heterocycles. The van der Waals surface area contributed by atoms with Crippen LogP contribution in [0.4, 0.5) is 15.9 Å². The van der Waals surface area contributed by atoms with Gasteiger partial charge in [-0.05, 0) is 62.8 Å². The number of halogens is 2. The first kappa shape index (κ1) is 23.8. The molecule has 0 radical (unpaired) electrons. The molecule has 0 atom stereocenters. The minimum Gasteiger partial charge on any atom is -0.338 e. The molecule has 2 saturated carbocycles. The first-order valence-corrected chi connectivity index (χ1v) is 12.8. The van der Waals surface area contributed by atoms with Gasteiger partial charge in [-0.1, -0.05) is 30.9 Å². The Morgan fingerprint density at radius 1 is 1.17 bits per heavy atom. The summed E-state index contributed by atoms with van der Waals surface area (Å²) in [7, 11) is 0. The third kappa shape index (κ3) is 4.80. The van der Waals surface area contributed by atoms with Gasteiger partial charge in [0.25, 0.3) is 5.56 Å². The van der Waals surface area contributed by atoms with Crippen molar-refractivity contribution in [3.63, 3.8) is 0 Å². The molecule has 0 spiro atoms. The Hall–Kier alpha value is -2.89. The molecule has 0 amide bonds. The topological polar surface area (TPSA) is 98.5 Å². The van der Waals surface area contributed by atoms with Crippen molar-refractivity contribution in [3.8, 4) is 6.07 Å². The van der Waals surface area contributed by atoms with E-state index in [-0.39, 0.29) is 10.6 Å². The number of fused-ring (bicyclic) bond motifs is 1. The lowest BCUT2D eigenvalue weighted by Gasteiger charge is -2.41. The number of aromatic amines is 1. The Morgan fingerprint density at radius 2 is 1.91 bits per heavy atom. The van der Waals surface area contributed by atoms with E-state index in [1.165, 1.54) is 44.2 Å². The molecule has 7 nitrogen and oxygen atoms in total. The summed E-state index contributed by atoms with van der Waals surface area (Å²) in [5.41, 5.74) is 0.318. The Balaban J connectivity index is 1.46. The van der Waals surface area contributed by atoms with Crippen LogP contribution in [0.15, 0.2) is 35.3 Å². The molecular formula is C26H30ClFN6O. The van der Waals surface area contributed by atoms with Gasteiger partial charge < -0.3 is 15.6 Å². The summed E-state index contributed by atoms with van der Waals surface area (Å²) in [6, 6.07) is 9.60. The second-order valence-electron chi connectivity index (χ2n) is 9.92. The van der Waals surface area contributed by atoms with E-state index in [0.29, 0.717) is 40.9 Å². The largest absolute Gasteiger partial charge is 0.338 e. The van der Waals surface area contributed by atoms with Crippen molar-refractivity contribution in [2.24, 2.45) is 0 Å². The van der Waals surface area contributed by atoms with Gasteiger partial charge in [0.2, 0.25) is 0 Å². The molecular weight excluding hydrogens is 467 g/mol. The van der Waals surface area contributed by atoms with E-state index in [0.717, 1.165) is 25.7 Å². The Labute approximate surface area is 208 Å². The number of pyridine rings is 1. The van der Waals surface area contributed by atoms with E-state index in [2.05, 4.69) is 21.7 Å². The van der Waals surface area contributed by atoms with Crippen LogP contribution in [0.3, 0.4) is 0 Å². The molecule has 0 bridgehead atoms. The maximum absolute atomic E-state index is 14.0. The van der Waals surface area contributed by atoms with Crippen molar-refractivity contribution in [1.29, 1.82) is 5.26 Å². The molecule has 2 aromatic heterocycles. The zero-order valence-electron chi connectivity index (χ0n) is 19.6. The summed E-state index contributed by atoms with van der Waals surface area (Å²) in [5.74, 6) is -0.220. The average Bonchev–Trinajstić information content (AvgIpc) is 3.24. The fourth-order valence-electron chi connectivity index (χ4n) is 5.77. The van der Waals surface area contributed by atoms with Crippen molar-refractivity contribution < 1.29 is 4.39 Å². The van der Waals surface area contributed by atoms with E-state index >= 15 is 0 Å². The van der Waals surface area contributed by atoms with Gasteiger partial charge in [0.15, 0.2) is 5.82 Å². The van der Waals surface area contributed by atoms with E-state index in [1.54, 1.807) is 12.3 Å². The number of H-pyrrole nitrogens is 1. The molecule has 2 heterocycles. The fourth-order valence-corrected chi connectivity index (χ4v) is 5.89. The van der Waals surface area contributed by atoms with Crippen molar-refractivity contribution in [3.05, 3.63) is 51.7 Å². The van der Waals surface area contributed by atoms with Crippen LogP contribution in [0, 0.1) is 17.1 Å². The quantitative estimate of drug-likeness (QED) is 0.404. The number of nitrogens with one attached hydrogen (secondary N) is 3. The minimum atomic E-state index is -0.556. The predicted octanol–water partition coefficient (Wildman–Crippen LogP) is 5.73.